The van der Waals surface area contributed by atoms with E-state index in [-0.39, 0.29) is 9.76 Å². The van der Waals surface area contributed by atoms with Crippen LogP contribution in [0.3, 0.4) is 0 Å². The SMILES string of the molecule is CCCCc1cccc([Si]O)c1CCCC. The van der Waals surface area contributed by atoms with E-state index in [0.29, 0.717) is 0 Å². The van der Waals surface area contributed by atoms with Crippen LogP contribution in [0.4, 0.5) is 0 Å². The second-order valence-electron chi connectivity index (χ2n) is 4.26. The van der Waals surface area contributed by atoms with E-state index >= 15 is 0 Å². The molecule has 1 rings (SSSR count). The Morgan fingerprint density at radius 2 is 1.75 bits per heavy atom. The predicted octanol–water partition coefficient (Wildman–Crippen LogP) is 2.61. The molecule has 0 aromatic heterocycles. The van der Waals surface area contributed by atoms with Crippen molar-refractivity contribution >= 4 is 14.9 Å². The Balaban J connectivity index is 2.86. The van der Waals surface area contributed by atoms with Crippen molar-refractivity contribution in [3.8, 4) is 0 Å². The lowest BCUT2D eigenvalue weighted by Crippen LogP contribution is -2.21. The monoisotopic (exact) mass is 234 g/mol. The fourth-order valence-electron chi connectivity index (χ4n) is 1.99. The molecule has 1 N–H and O–H groups in total. The molecular formula is C14H22OSi. The van der Waals surface area contributed by atoms with Crippen LogP contribution in [0, 0.1) is 0 Å². The molecule has 0 aliphatic heterocycles. The fourth-order valence-corrected chi connectivity index (χ4v) is 2.58. The highest BCUT2D eigenvalue weighted by atomic mass is 28.2. The summed E-state index contributed by atoms with van der Waals surface area (Å²) in [6.07, 6.45) is 7.21. The fraction of sp³-hybridized carbons (Fsp3) is 0.571. The Hall–Kier alpha value is -0.603. The lowest BCUT2D eigenvalue weighted by atomic mass is 9.98. The Labute approximate surface area is 102 Å². The molecule has 0 bridgehead atoms. The van der Waals surface area contributed by atoms with Crippen LogP contribution >= 0.6 is 0 Å². The normalized spacial score (nSPS) is 10.7. The molecule has 2 radical (unpaired) electrons. The first-order chi connectivity index (χ1) is 7.83. The van der Waals surface area contributed by atoms with Gasteiger partial charge in [-0.25, -0.2) is 0 Å². The van der Waals surface area contributed by atoms with Gasteiger partial charge in [-0.3, -0.25) is 0 Å². The summed E-state index contributed by atoms with van der Waals surface area (Å²) in [5, 5.41) is 1.15. The Morgan fingerprint density at radius 3 is 2.38 bits per heavy atom. The molecule has 1 nitrogen and oxygen atoms in total. The van der Waals surface area contributed by atoms with E-state index in [2.05, 4.69) is 32.0 Å². The van der Waals surface area contributed by atoms with Crippen molar-refractivity contribution in [1.82, 2.24) is 0 Å². The molecule has 0 amide bonds. The molecule has 0 aliphatic carbocycles. The molecule has 0 saturated heterocycles. The molecule has 16 heavy (non-hydrogen) atoms. The molecule has 0 saturated carbocycles. The summed E-state index contributed by atoms with van der Waals surface area (Å²) in [6, 6.07) is 6.38. The van der Waals surface area contributed by atoms with Crippen molar-refractivity contribution in [2.45, 2.75) is 52.4 Å². The summed E-state index contributed by atoms with van der Waals surface area (Å²) in [5.41, 5.74) is 2.87. The number of benzene rings is 1. The standard InChI is InChI=1S/C14H22OSi/c1-3-5-8-12-9-7-11-14(16-15)13(12)10-6-4-2/h7,9,11,15H,3-6,8,10H2,1-2H3. The van der Waals surface area contributed by atoms with E-state index in [1.54, 1.807) is 0 Å². The van der Waals surface area contributed by atoms with Gasteiger partial charge in [0.25, 0.3) is 9.76 Å². The number of aryl methyl sites for hydroxylation is 1. The molecule has 0 heterocycles. The van der Waals surface area contributed by atoms with Gasteiger partial charge in [-0.05, 0) is 42.0 Å². The van der Waals surface area contributed by atoms with Crippen molar-refractivity contribution in [2.24, 2.45) is 0 Å². The van der Waals surface area contributed by atoms with Gasteiger partial charge in [0.1, 0.15) is 0 Å². The second kappa shape index (κ2) is 7.63. The average molecular weight is 234 g/mol. The first-order valence-electron chi connectivity index (χ1n) is 6.34. The summed E-state index contributed by atoms with van der Waals surface area (Å²) in [4.78, 5) is 9.40. The Kier molecular flexibility index (Phi) is 6.42. The first kappa shape index (κ1) is 13.5. The molecule has 88 valence electrons. The maximum atomic E-state index is 9.40. The molecule has 1 aromatic rings. The molecule has 0 atom stereocenters. The van der Waals surface area contributed by atoms with Gasteiger partial charge in [0.15, 0.2) is 0 Å². The van der Waals surface area contributed by atoms with Gasteiger partial charge < -0.3 is 4.80 Å². The van der Waals surface area contributed by atoms with Gasteiger partial charge in [-0.2, -0.15) is 0 Å². The number of unbranched alkanes of at least 4 members (excludes halogenated alkanes) is 2. The van der Waals surface area contributed by atoms with Crippen molar-refractivity contribution in [2.75, 3.05) is 0 Å². The molecule has 0 unspecified atom stereocenters. The first-order valence-corrected chi connectivity index (χ1v) is 7.29. The molecule has 1 aromatic carbocycles. The molecule has 0 spiro atoms. The third-order valence-electron chi connectivity index (χ3n) is 2.97. The maximum absolute atomic E-state index is 9.40. The van der Waals surface area contributed by atoms with Gasteiger partial charge in [0.2, 0.25) is 0 Å². The zero-order chi connectivity index (χ0) is 11.8. The third-order valence-corrected chi connectivity index (χ3v) is 3.68. The Bertz CT molecular complexity index is 310. The van der Waals surface area contributed by atoms with Gasteiger partial charge in [0.05, 0.1) is 0 Å². The maximum Gasteiger partial charge on any atom is 0.265 e. The predicted molar refractivity (Wildman–Crippen MR) is 71.3 cm³/mol. The Morgan fingerprint density at radius 1 is 1.06 bits per heavy atom. The molecular weight excluding hydrogens is 212 g/mol. The zero-order valence-corrected chi connectivity index (χ0v) is 11.4. The highest BCUT2D eigenvalue weighted by Gasteiger charge is 2.07. The minimum absolute atomic E-state index is 0.0584. The highest BCUT2D eigenvalue weighted by Crippen LogP contribution is 2.13. The van der Waals surface area contributed by atoms with Gasteiger partial charge >= 0.3 is 0 Å². The van der Waals surface area contributed by atoms with Crippen molar-refractivity contribution in [3.63, 3.8) is 0 Å². The van der Waals surface area contributed by atoms with Crippen LogP contribution in [0.1, 0.15) is 50.7 Å². The topological polar surface area (TPSA) is 20.2 Å². The minimum atomic E-state index is -0.0584. The zero-order valence-electron chi connectivity index (χ0n) is 10.4. The van der Waals surface area contributed by atoms with E-state index in [1.165, 1.54) is 36.8 Å². The summed E-state index contributed by atoms with van der Waals surface area (Å²) in [5.74, 6) is 0. The smallest absolute Gasteiger partial charge is 0.265 e. The quantitative estimate of drug-likeness (QED) is 0.719. The van der Waals surface area contributed by atoms with E-state index < -0.39 is 0 Å². The second-order valence-corrected chi connectivity index (χ2v) is 5.02. The summed E-state index contributed by atoms with van der Waals surface area (Å²) in [7, 11) is -0.0584. The highest BCUT2D eigenvalue weighted by molar-refractivity contribution is 6.46. The van der Waals surface area contributed by atoms with Crippen LogP contribution in [0.15, 0.2) is 18.2 Å². The van der Waals surface area contributed by atoms with Crippen molar-refractivity contribution < 1.29 is 4.80 Å². The van der Waals surface area contributed by atoms with Crippen LogP contribution in [0.2, 0.25) is 0 Å². The van der Waals surface area contributed by atoms with Crippen LogP contribution in [0.25, 0.3) is 0 Å². The summed E-state index contributed by atoms with van der Waals surface area (Å²) in [6.45, 7) is 4.44. The summed E-state index contributed by atoms with van der Waals surface area (Å²) >= 11 is 0. The number of hydrogen-bond acceptors (Lipinski definition) is 1. The van der Waals surface area contributed by atoms with Gasteiger partial charge in [-0.1, -0.05) is 44.9 Å². The summed E-state index contributed by atoms with van der Waals surface area (Å²) < 4.78 is 0. The number of hydrogen-bond donors (Lipinski definition) is 1. The van der Waals surface area contributed by atoms with E-state index in [9.17, 15) is 4.80 Å². The van der Waals surface area contributed by atoms with E-state index in [0.717, 1.165) is 18.0 Å². The van der Waals surface area contributed by atoms with Crippen molar-refractivity contribution in [3.05, 3.63) is 29.3 Å². The minimum Gasteiger partial charge on any atom is -0.428 e. The van der Waals surface area contributed by atoms with Crippen LogP contribution in [0.5, 0.6) is 0 Å². The third kappa shape index (κ3) is 3.76. The number of rotatable bonds is 7. The van der Waals surface area contributed by atoms with Gasteiger partial charge in [0, 0.05) is 0 Å². The van der Waals surface area contributed by atoms with Crippen LogP contribution in [-0.2, 0) is 12.8 Å². The van der Waals surface area contributed by atoms with E-state index in [1.807, 2.05) is 0 Å². The van der Waals surface area contributed by atoms with Gasteiger partial charge in [-0.15, -0.1) is 0 Å². The van der Waals surface area contributed by atoms with Crippen molar-refractivity contribution in [1.29, 1.82) is 0 Å². The molecule has 2 heteroatoms. The van der Waals surface area contributed by atoms with Crippen LogP contribution in [-0.4, -0.2) is 14.6 Å². The molecule has 0 aliphatic rings. The largest absolute Gasteiger partial charge is 0.428 e. The van der Waals surface area contributed by atoms with Crippen LogP contribution < -0.4 is 5.19 Å². The molecule has 0 fully saturated rings. The van der Waals surface area contributed by atoms with E-state index in [4.69, 9.17) is 0 Å². The lowest BCUT2D eigenvalue weighted by Gasteiger charge is -2.12. The lowest BCUT2D eigenvalue weighted by molar-refractivity contribution is 0.614. The average Bonchev–Trinajstić information content (AvgIpc) is 2.33.